The van der Waals surface area contributed by atoms with Crippen LogP contribution < -0.4 is 25.0 Å². The fourth-order valence-corrected chi connectivity index (χ4v) is 7.35. The lowest BCUT2D eigenvalue weighted by molar-refractivity contribution is -0.136. The average Bonchev–Trinajstić information content (AvgIpc) is 3.49. The van der Waals surface area contributed by atoms with Crippen LogP contribution in [0.15, 0.2) is 66.7 Å². The first-order chi connectivity index (χ1) is 23.8. The standard InChI is InChI=1S/C33H25FN6O9S/c34-28-20-8-7-19(12-18(20)13-24(41)29(28)39-15-26(43)38-50(39,48)49)36-30(44)17-4-1-3-16(11-17)14-35-22-6-2-5-21-27(22)33(47)40(32(21)46)23-9-10-25(42)37-31(23)45/h1-8,11-13,23,35,41H,9-10,14-15H2,(H,36,44)(H,38,43)(H,37,42,45). The van der Waals surface area contributed by atoms with Crippen LogP contribution in [0.1, 0.15) is 49.5 Å². The molecule has 0 aromatic heterocycles. The second-order valence-electron chi connectivity index (χ2n) is 11.7. The van der Waals surface area contributed by atoms with E-state index < -0.39 is 75.5 Å². The highest BCUT2D eigenvalue weighted by Crippen LogP contribution is 2.39. The predicted molar refractivity (Wildman–Crippen MR) is 175 cm³/mol. The third kappa shape index (κ3) is 5.52. The molecule has 0 bridgehead atoms. The second-order valence-corrected chi connectivity index (χ2v) is 13.3. The van der Waals surface area contributed by atoms with Crippen molar-refractivity contribution in [2.45, 2.75) is 25.4 Å². The Kier molecular flexibility index (Phi) is 7.70. The van der Waals surface area contributed by atoms with Crippen LogP contribution in [-0.2, 0) is 31.1 Å². The minimum absolute atomic E-state index is 0.00204. The molecule has 1 unspecified atom stereocenters. The van der Waals surface area contributed by atoms with Gasteiger partial charge in [-0.2, -0.15) is 8.42 Å². The molecule has 15 nitrogen and oxygen atoms in total. The summed E-state index contributed by atoms with van der Waals surface area (Å²) >= 11 is 0. The van der Waals surface area contributed by atoms with Crippen molar-refractivity contribution in [2.24, 2.45) is 0 Å². The Morgan fingerprint density at radius 3 is 2.48 bits per heavy atom. The van der Waals surface area contributed by atoms with Crippen molar-refractivity contribution >= 4 is 73.5 Å². The molecule has 3 aliphatic heterocycles. The van der Waals surface area contributed by atoms with Crippen molar-refractivity contribution < 1.29 is 46.7 Å². The Balaban J connectivity index is 1.06. The van der Waals surface area contributed by atoms with Crippen LogP contribution in [0.3, 0.4) is 0 Å². The molecule has 17 heteroatoms. The van der Waals surface area contributed by atoms with Crippen LogP contribution in [-0.4, -0.2) is 66.5 Å². The SMILES string of the molecule is O=C1CCC(N2C(=O)c3cccc(NCc4cccc(C(=O)Nc5ccc6c(F)c(N7CC(=O)NS7(=O)=O)c(O)cc6c5)c4)c3C2=O)C(=O)N1. The van der Waals surface area contributed by atoms with Crippen molar-refractivity contribution in [3.8, 4) is 5.75 Å². The Morgan fingerprint density at radius 2 is 1.74 bits per heavy atom. The van der Waals surface area contributed by atoms with Crippen molar-refractivity contribution in [2.75, 3.05) is 21.5 Å². The molecule has 7 rings (SSSR count). The van der Waals surface area contributed by atoms with Crippen molar-refractivity contribution in [3.63, 3.8) is 0 Å². The summed E-state index contributed by atoms with van der Waals surface area (Å²) in [5, 5.41) is 18.6. The molecular weight excluding hydrogens is 675 g/mol. The number of aromatic hydroxyl groups is 1. The summed E-state index contributed by atoms with van der Waals surface area (Å²) in [5.74, 6) is -5.69. The molecule has 3 aliphatic rings. The molecule has 50 heavy (non-hydrogen) atoms. The molecule has 5 N–H and O–H groups in total. The molecule has 0 saturated carbocycles. The first-order valence-corrected chi connectivity index (χ1v) is 16.5. The zero-order valence-corrected chi connectivity index (χ0v) is 26.5. The summed E-state index contributed by atoms with van der Waals surface area (Å²) in [6.07, 6.45) is 0.0252. The van der Waals surface area contributed by atoms with E-state index >= 15 is 4.39 Å². The average molecular weight is 701 g/mol. The number of benzene rings is 4. The molecule has 0 spiro atoms. The van der Waals surface area contributed by atoms with Crippen LogP contribution in [0.5, 0.6) is 5.75 Å². The van der Waals surface area contributed by atoms with E-state index in [9.17, 15) is 42.3 Å². The number of nitrogens with one attached hydrogen (secondary N) is 4. The topological polar surface area (TPSA) is 211 Å². The number of amides is 6. The molecule has 4 aromatic carbocycles. The molecule has 2 saturated heterocycles. The highest BCUT2D eigenvalue weighted by Gasteiger charge is 2.45. The highest BCUT2D eigenvalue weighted by atomic mass is 32.2. The molecule has 254 valence electrons. The van der Waals surface area contributed by atoms with Gasteiger partial charge in [0, 0.05) is 35.3 Å². The summed E-state index contributed by atoms with van der Waals surface area (Å²) in [4.78, 5) is 76.2. The van der Waals surface area contributed by atoms with Crippen LogP contribution >= 0.6 is 0 Å². The summed E-state index contributed by atoms with van der Waals surface area (Å²) in [7, 11) is -4.38. The lowest BCUT2D eigenvalue weighted by atomic mass is 10.0. The fourth-order valence-electron chi connectivity index (χ4n) is 6.18. The summed E-state index contributed by atoms with van der Waals surface area (Å²) in [6.45, 7) is -0.558. The van der Waals surface area contributed by atoms with Gasteiger partial charge in [-0.05, 0) is 65.9 Å². The molecule has 4 aromatic rings. The first kappa shape index (κ1) is 32.2. The Hall–Kier alpha value is -6.36. The van der Waals surface area contributed by atoms with Gasteiger partial charge in [-0.3, -0.25) is 39.0 Å². The first-order valence-electron chi connectivity index (χ1n) is 15.1. The smallest absolute Gasteiger partial charge is 0.326 e. The van der Waals surface area contributed by atoms with Gasteiger partial charge in [0.05, 0.1) is 11.1 Å². The molecule has 0 radical (unpaired) electrons. The van der Waals surface area contributed by atoms with Gasteiger partial charge in [0.15, 0.2) is 5.82 Å². The van der Waals surface area contributed by atoms with Gasteiger partial charge in [-0.15, -0.1) is 0 Å². The Labute approximate surface area is 282 Å². The lowest BCUT2D eigenvalue weighted by Crippen LogP contribution is -2.54. The highest BCUT2D eigenvalue weighted by molar-refractivity contribution is 7.92. The third-order valence-corrected chi connectivity index (χ3v) is 9.88. The van der Waals surface area contributed by atoms with E-state index in [1.54, 1.807) is 41.1 Å². The molecule has 0 aliphatic carbocycles. The maximum atomic E-state index is 15.4. The Bertz CT molecular complexity index is 2330. The van der Waals surface area contributed by atoms with E-state index in [0.717, 1.165) is 11.0 Å². The van der Waals surface area contributed by atoms with Crippen molar-refractivity contribution in [1.29, 1.82) is 0 Å². The number of phenols is 1. The minimum atomic E-state index is -4.38. The van der Waals surface area contributed by atoms with Crippen LogP contribution in [0.25, 0.3) is 10.8 Å². The number of imide groups is 2. The van der Waals surface area contributed by atoms with Gasteiger partial charge in [-0.1, -0.05) is 18.2 Å². The molecule has 2 fully saturated rings. The number of fused-ring (bicyclic) bond motifs is 2. The summed E-state index contributed by atoms with van der Waals surface area (Å²) < 4.78 is 42.1. The van der Waals surface area contributed by atoms with Gasteiger partial charge in [0.2, 0.25) is 11.8 Å². The molecule has 3 heterocycles. The van der Waals surface area contributed by atoms with Gasteiger partial charge < -0.3 is 15.7 Å². The number of phenolic OH excluding ortho intramolecular Hbond substituents is 1. The van der Waals surface area contributed by atoms with Gasteiger partial charge in [0.25, 0.3) is 23.6 Å². The summed E-state index contributed by atoms with van der Waals surface area (Å²) in [6, 6.07) is 15.3. The maximum absolute atomic E-state index is 15.4. The maximum Gasteiger partial charge on any atom is 0.326 e. The molecular formula is C33H25FN6O9S. The van der Waals surface area contributed by atoms with Crippen LogP contribution in [0.4, 0.5) is 21.5 Å². The van der Waals surface area contributed by atoms with Gasteiger partial charge in [-0.25, -0.2) is 13.4 Å². The van der Waals surface area contributed by atoms with Gasteiger partial charge in [0.1, 0.15) is 24.0 Å². The minimum Gasteiger partial charge on any atom is -0.506 e. The largest absolute Gasteiger partial charge is 0.506 e. The van der Waals surface area contributed by atoms with E-state index in [1.165, 1.54) is 24.3 Å². The number of anilines is 3. The fraction of sp³-hybridized carbons (Fsp3) is 0.152. The number of rotatable bonds is 7. The van der Waals surface area contributed by atoms with E-state index in [-0.39, 0.29) is 52.5 Å². The van der Waals surface area contributed by atoms with Gasteiger partial charge >= 0.3 is 10.2 Å². The second kappa shape index (κ2) is 12.0. The molecule has 1 atom stereocenters. The van der Waals surface area contributed by atoms with E-state index in [0.29, 0.717) is 15.6 Å². The van der Waals surface area contributed by atoms with E-state index in [4.69, 9.17) is 0 Å². The monoisotopic (exact) mass is 700 g/mol. The zero-order valence-electron chi connectivity index (χ0n) is 25.7. The normalized spacial score (nSPS) is 18.3. The zero-order chi connectivity index (χ0) is 35.5. The predicted octanol–water partition coefficient (Wildman–Crippen LogP) is 2.13. The lowest BCUT2D eigenvalue weighted by Gasteiger charge is -2.27. The molecule has 6 amide bonds. The Morgan fingerprint density at radius 1 is 0.960 bits per heavy atom. The number of nitrogens with zero attached hydrogens (tertiary/aromatic N) is 2. The number of hydrogen-bond acceptors (Lipinski definition) is 10. The number of halogens is 1. The number of carbonyl (C=O) groups is 6. The van der Waals surface area contributed by atoms with E-state index in [2.05, 4.69) is 16.0 Å². The van der Waals surface area contributed by atoms with Crippen LogP contribution in [0.2, 0.25) is 0 Å². The number of hydrogen-bond donors (Lipinski definition) is 5. The quantitative estimate of drug-likeness (QED) is 0.177. The van der Waals surface area contributed by atoms with E-state index in [1.807, 2.05) is 0 Å². The number of carbonyl (C=O) groups excluding carboxylic acids is 6. The van der Waals surface area contributed by atoms with Crippen molar-refractivity contribution in [3.05, 3.63) is 94.8 Å². The third-order valence-electron chi connectivity index (χ3n) is 8.50. The number of piperidine rings is 1. The summed E-state index contributed by atoms with van der Waals surface area (Å²) in [5.41, 5.74) is 0.995. The van der Waals surface area contributed by atoms with Crippen molar-refractivity contribution in [1.82, 2.24) is 14.9 Å². The van der Waals surface area contributed by atoms with Crippen LogP contribution in [0, 0.1) is 5.82 Å².